The van der Waals surface area contributed by atoms with Crippen molar-refractivity contribution in [1.82, 2.24) is 0 Å². The van der Waals surface area contributed by atoms with E-state index in [9.17, 15) is 0 Å². The molecule has 0 saturated heterocycles. The number of hydrogen-bond acceptors (Lipinski definition) is 1. The first-order valence-electron chi connectivity index (χ1n) is 6.98. The largest absolute Gasteiger partial charge is 0.388 e. The van der Waals surface area contributed by atoms with E-state index in [0.717, 1.165) is 24.2 Å². The van der Waals surface area contributed by atoms with Gasteiger partial charge in [-0.25, -0.2) is 0 Å². The maximum absolute atomic E-state index is 7.44. The monoisotopic (exact) mass is 220 g/mol. The third kappa shape index (κ3) is 1.87. The molecule has 2 heteroatoms. The van der Waals surface area contributed by atoms with E-state index >= 15 is 0 Å². The van der Waals surface area contributed by atoms with E-state index in [1.807, 2.05) is 0 Å². The van der Waals surface area contributed by atoms with Crippen LogP contribution < -0.4 is 5.73 Å². The molecule has 4 bridgehead atoms. The molecule has 4 saturated carbocycles. The van der Waals surface area contributed by atoms with Crippen molar-refractivity contribution < 1.29 is 0 Å². The first-order valence-corrected chi connectivity index (χ1v) is 6.98. The molecule has 0 heterocycles. The van der Waals surface area contributed by atoms with E-state index in [0.29, 0.717) is 11.3 Å². The highest BCUT2D eigenvalue weighted by molar-refractivity contribution is 5.76. The summed E-state index contributed by atoms with van der Waals surface area (Å²) in [5.74, 6) is 3.44. The molecule has 16 heavy (non-hydrogen) atoms. The summed E-state index contributed by atoms with van der Waals surface area (Å²) in [6.45, 7) is 0. The Hall–Kier alpha value is -0.530. The molecular weight excluding hydrogens is 196 g/mol. The molecule has 0 aliphatic heterocycles. The van der Waals surface area contributed by atoms with Crippen molar-refractivity contribution in [3.05, 3.63) is 0 Å². The zero-order chi connectivity index (χ0) is 11.2. The van der Waals surface area contributed by atoms with E-state index in [1.54, 1.807) is 0 Å². The standard InChI is InChI=1S/C14H24N2/c15-13(16)3-4-14-7-10-1-2-11(8-14)6-12(5-10)9-14/h10-12H,1-9H2,(H3,15,16). The van der Waals surface area contributed by atoms with E-state index in [4.69, 9.17) is 11.1 Å². The van der Waals surface area contributed by atoms with Gasteiger partial charge in [0.1, 0.15) is 0 Å². The smallest absolute Gasteiger partial charge is 0.0905 e. The minimum atomic E-state index is 0.398. The maximum atomic E-state index is 7.44. The Bertz CT molecular complexity index is 281. The summed E-state index contributed by atoms with van der Waals surface area (Å²) < 4.78 is 0. The summed E-state index contributed by atoms with van der Waals surface area (Å²) in [5, 5.41) is 7.44. The maximum Gasteiger partial charge on any atom is 0.0905 e. The summed E-state index contributed by atoms with van der Waals surface area (Å²) in [7, 11) is 0. The minimum absolute atomic E-state index is 0.398. The number of nitrogens with one attached hydrogen (secondary N) is 1. The lowest BCUT2D eigenvalue weighted by Gasteiger charge is -2.48. The van der Waals surface area contributed by atoms with Crippen molar-refractivity contribution in [3.63, 3.8) is 0 Å². The van der Waals surface area contributed by atoms with Crippen molar-refractivity contribution in [2.24, 2.45) is 28.9 Å². The second-order valence-electron chi connectivity index (χ2n) is 6.78. The van der Waals surface area contributed by atoms with Crippen molar-refractivity contribution in [2.75, 3.05) is 0 Å². The van der Waals surface area contributed by atoms with Gasteiger partial charge in [-0.15, -0.1) is 0 Å². The molecule has 0 aromatic rings. The van der Waals surface area contributed by atoms with Crippen LogP contribution in [0.2, 0.25) is 0 Å². The van der Waals surface area contributed by atoms with Gasteiger partial charge in [0.2, 0.25) is 0 Å². The molecule has 0 amide bonds. The fourth-order valence-electron chi connectivity index (χ4n) is 5.08. The lowest BCUT2D eigenvalue weighted by molar-refractivity contribution is 0.0291. The molecule has 2 nitrogen and oxygen atoms in total. The number of amidine groups is 1. The van der Waals surface area contributed by atoms with E-state index in [-0.39, 0.29) is 0 Å². The van der Waals surface area contributed by atoms with E-state index < -0.39 is 0 Å². The Morgan fingerprint density at radius 3 is 2.19 bits per heavy atom. The van der Waals surface area contributed by atoms with Gasteiger partial charge < -0.3 is 5.73 Å². The number of nitrogens with two attached hydrogens (primary N) is 1. The molecular formula is C14H24N2. The summed E-state index contributed by atoms with van der Waals surface area (Å²) >= 11 is 0. The van der Waals surface area contributed by atoms with Crippen LogP contribution >= 0.6 is 0 Å². The molecule has 2 unspecified atom stereocenters. The van der Waals surface area contributed by atoms with Crippen LogP contribution in [0.15, 0.2) is 0 Å². The average Bonchev–Trinajstić information content (AvgIpc) is 2.42. The number of fused-ring (bicyclic) bond motifs is 1. The molecule has 2 atom stereocenters. The third-order valence-corrected chi connectivity index (χ3v) is 5.41. The molecule has 0 aromatic heterocycles. The average molecular weight is 220 g/mol. The van der Waals surface area contributed by atoms with Crippen LogP contribution in [0.4, 0.5) is 0 Å². The molecule has 4 aliphatic carbocycles. The van der Waals surface area contributed by atoms with Gasteiger partial charge in [-0.05, 0) is 61.7 Å². The Labute approximate surface area is 98.5 Å². The Kier molecular flexibility index (Phi) is 2.49. The fourth-order valence-corrected chi connectivity index (χ4v) is 5.08. The topological polar surface area (TPSA) is 49.9 Å². The lowest BCUT2D eigenvalue weighted by atomic mass is 9.57. The zero-order valence-corrected chi connectivity index (χ0v) is 10.2. The highest BCUT2D eigenvalue weighted by Gasteiger charge is 2.47. The van der Waals surface area contributed by atoms with Crippen LogP contribution in [0.5, 0.6) is 0 Å². The van der Waals surface area contributed by atoms with Crippen molar-refractivity contribution in [3.8, 4) is 0 Å². The van der Waals surface area contributed by atoms with Crippen molar-refractivity contribution in [1.29, 1.82) is 5.41 Å². The summed E-state index contributed by atoms with van der Waals surface area (Å²) in [6.07, 6.45) is 12.4. The zero-order valence-electron chi connectivity index (χ0n) is 10.2. The van der Waals surface area contributed by atoms with Gasteiger partial charge in [-0.3, -0.25) is 5.41 Å². The molecule has 0 spiro atoms. The normalized spacial score (nSPS) is 45.6. The fraction of sp³-hybridized carbons (Fsp3) is 0.929. The first kappa shape index (κ1) is 10.6. The summed E-state index contributed by atoms with van der Waals surface area (Å²) in [4.78, 5) is 0. The van der Waals surface area contributed by atoms with Crippen LogP contribution in [-0.2, 0) is 0 Å². The second kappa shape index (κ2) is 3.75. The molecule has 4 fully saturated rings. The molecule has 0 radical (unpaired) electrons. The van der Waals surface area contributed by atoms with Gasteiger partial charge in [0.25, 0.3) is 0 Å². The molecule has 3 N–H and O–H groups in total. The van der Waals surface area contributed by atoms with Gasteiger partial charge in [0.05, 0.1) is 5.84 Å². The lowest BCUT2D eigenvalue weighted by Crippen LogP contribution is -2.38. The van der Waals surface area contributed by atoms with Gasteiger partial charge in [0, 0.05) is 6.42 Å². The van der Waals surface area contributed by atoms with Gasteiger partial charge in [-0.2, -0.15) is 0 Å². The van der Waals surface area contributed by atoms with Crippen molar-refractivity contribution in [2.45, 2.75) is 57.8 Å². The Morgan fingerprint density at radius 2 is 1.62 bits per heavy atom. The van der Waals surface area contributed by atoms with Crippen LogP contribution in [0.25, 0.3) is 0 Å². The van der Waals surface area contributed by atoms with Crippen LogP contribution in [0, 0.1) is 28.6 Å². The molecule has 4 aliphatic rings. The highest BCUT2D eigenvalue weighted by atomic mass is 14.7. The van der Waals surface area contributed by atoms with Crippen LogP contribution in [0.1, 0.15) is 57.8 Å². The number of rotatable bonds is 3. The highest BCUT2D eigenvalue weighted by Crippen LogP contribution is 2.59. The summed E-state index contributed by atoms with van der Waals surface area (Å²) in [6, 6.07) is 0. The third-order valence-electron chi connectivity index (χ3n) is 5.41. The molecule has 4 rings (SSSR count). The predicted octanol–water partition coefficient (Wildman–Crippen LogP) is 3.31. The summed E-state index contributed by atoms with van der Waals surface area (Å²) in [5.41, 5.74) is 6.14. The molecule has 0 aromatic carbocycles. The Morgan fingerprint density at radius 1 is 1.06 bits per heavy atom. The van der Waals surface area contributed by atoms with Gasteiger partial charge in [-0.1, -0.05) is 12.8 Å². The van der Waals surface area contributed by atoms with Crippen LogP contribution in [0.3, 0.4) is 0 Å². The Balaban J connectivity index is 1.76. The van der Waals surface area contributed by atoms with E-state index in [1.165, 1.54) is 51.4 Å². The van der Waals surface area contributed by atoms with Gasteiger partial charge >= 0.3 is 0 Å². The van der Waals surface area contributed by atoms with Crippen LogP contribution in [-0.4, -0.2) is 5.84 Å². The predicted molar refractivity (Wildman–Crippen MR) is 66.4 cm³/mol. The SMILES string of the molecule is N=C(N)CCC12CC3CCC(CC(C3)C1)C2. The second-order valence-corrected chi connectivity index (χ2v) is 6.78. The molecule has 90 valence electrons. The number of hydrogen-bond donors (Lipinski definition) is 2. The quantitative estimate of drug-likeness (QED) is 0.556. The van der Waals surface area contributed by atoms with Crippen molar-refractivity contribution >= 4 is 5.84 Å². The van der Waals surface area contributed by atoms with E-state index in [2.05, 4.69) is 0 Å². The first-order chi connectivity index (χ1) is 7.65. The minimum Gasteiger partial charge on any atom is -0.388 e. The van der Waals surface area contributed by atoms with Gasteiger partial charge in [0.15, 0.2) is 0 Å².